The number of H-pyrrole nitrogens is 1. The summed E-state index contributed by atoms with van der Waals surface area (Å²) < 4.78 is 19.4. The molecule has 0 aliphatic carbocycles. The van der Waals surface area contributed by atoms with Gasteiger partial charge in [0, 0.05) is 47.4 Å². The van der Waals surface area contributed by atoms with E-state index in [0.29, 0.717) is 11.4 Å². The second-order valence-electron chi connectivity index (χ2n) is 14.6. The number of non-ortho nitro benzene ring substituents is 1. The average molecular weight is 744 g/mol. The van der Waals surface area contributed by atoms with Crippen LogP contribution in [0.25, 0.3) is 10.9 Å². The highest BCUT2D eigenvalue weighted by atomic mass is 16.6. The zero-order chi connectivity index (χ0) is 39.0. The number of nitrogens with zero attached hydrogens (tertiary/aromatic N) is 2. The molecule has 11 nitrogen and oxygen atoms in total. The van der Waals surface area contributed by atoms with Gasteiger partial charge in [-0.05, 0) is 92.8 Å². The molecule has 0 amide bonds. The highest BCUT2D eigenvalue weighted by molar-refractivity contribution is 5.96. The first kappa shape index (κ1) is 38.5. The minimum Gasteiger partial charge on any atom is -0.491 e. The number of nitro groups is 1. The summed E-state index contributed by atoms with van der Waals surface area (Å²) in [6.07, 6.45) is 1.41. The lowest BCUT2D eigenvalue weighted by atomic mass is 9.81. The van der Waals surface area contributed by atoms with E-state index in [1.54, 1.807) is 24.4 Å². The van der Waals surface area contributed by atoms with Crippen LogP contribution in [-0.4, -0.2) is 49.8 Å². The van der Waals surface area contributed by atoms with Gasteiger partial charge in [0.1, 0.15) is 30.3 Å². The van der Waals surface area contributed by atoms with Crippen LogP contribution in [0.15, 0.2) is 128 Å². The molecule has 2 N–H and O–H groups in total. The highest BCUT2D eigenvalue weighted by Crippen LogP contribution is 2.35. The lowest BCUT2D eigenvalue weighted by Gasteiger charge is -2.30. The van der Waals surface area contributed by atoms with Crippen LogP contribution in [-0.2, 0) is 33.8 Å². The molecular formula is C44H45N3O8. The fourth-order valence-corrected chi connectivity index (χ4v) is 6.66. The van der Waals surface area contributed by atoms with Crippen LogP contribution in [0.2, 0.25) is 0 Å². The lowest BCUT2D eigenvalue weighted by molar-refractivity contribution is -0.384. The summed E-state index contributed by atoms with van der Waals surface area (Å²) in [4.78, 5) is 41.8. The van der Waals surface area contributed by atoms with Crippen molar-refractivity contribution in [2.24, 2.45) is 5.92 Å². The number of rotatable bonds is 16. The van der Waals surface area contributed by atoms with Crippen molar-refractivity contribution in [1.82, 2.24) is 9.55 Å². The Balaban J connectivity index is 1.32. The van der Waals surface area contributed by atoms with Crippen LogP contribution < -0.4 is 4.74 Å². The Kier molecular flexibility index (Phi) is 12.1. The third kappa shape index (κ3) is 10.3. The smallest absolute Gasteiger partial charge is 0.355 e. The fourth-order valence-electron chi connectivity index (χ4n) is 6.66. The van der Waals surface area contributed by atoms with E-state index >= 15 is 0 Å². The third-order valence-corrected chi connectivity index (χ3v) is 9.26. The number of hydrogen-bond acceptors (Lipinski definition) is 8. The molecule has 0 aliphatic heterocycles. The maximum Gasteiger partial charge on any atom is 0.355 e. The van der Waals surface area contributed by atoms with Gasteiger partial charge in [-0.3, -0.25) is 14.9 Å². The number of aliphatic hydroxyl groups is 1. The molecule has 4 aromatic carbocycles. The minimum absolute atomic E-state index is 0.0262. The summed E-state index contributed by atoms with van der Waals surface area (Å²) in [7, 11) is 0. The maximum atomic E-state index is 14.1. The minimum atomic E-state index is -0.890. The van der Waals surface area contributed by atoms with Crippen molar-refractivity contribution in [1.29, 1.82) is 0 Å². The van der Waals surface area contributed by atoms with Crippen LogP contribution in [0.1, 0.15) is 66.0 Å². The Hall–Kier alpha value is -6.20. The van der Waals surface area contributed by atoms with Gasteiger partial charge in [0.25, 0.3) is 5.69 Å². The van der Waals surface area contributed by atoms with Gasteiger partial charge in [-0.2, -0.15) is 0 Å². The summed E-state index contributed by atoms with van der Waals surface area (Å²) in [5.41, 5.74) is 3.50. The Labute approximate surface area is 319 Å². The molecule has 6 rings (SSSR count). The summed E-state index contributed by atoms with van der Waals surface area (Å²) >= 11 is 0. The van der Waals surface area contributed by atoms with E-state index in [0.717, 1.165) is 33.3 Å². The van der Waals surface area contributed by atoms with Crippen molar-refractivity contribution in [2.45, 2.75) is 64.4 Å². The molecule has 55 heavy (non-hydrogen) atoms. The van der Waals surface area contributed by atoms with Gasteiger partial charge in [0.05, 0.1) is 16.9 Å². The lowest BCUT2D eigenvalue weighted by Crippen LogP contribution is -2.35. The number of aromatic amines is 1. The Morgan fingerprint density at radius 2 is 1.55 bits per heavy atom. The van der Waals surface area contributed by atoms with Crippen molar-refractivity contribution in [3.63, 3.8) is 0 Å². The van der Waals surface area contributed by atoms with E-state index in [2.05, 4.69) is 4.98 Å². The number of hydrogen-bond donors (Lipinski definition) is 2. The maximum absolute atomic E-state index is 14.1. The molecule has 0 aliphatic rings. The molecule has 2 heterocycles. The van der Waals surface area contributed by atoms with Crippen LogP contribution in [0.5, 0.6) is 5.75 Å². The van der Waals surface area contributed by atoms with E-state index in [9.17, 15) is 24.8 Å². The molecule has 0 fully saturated rings. The number of ether oxygens (including phenoxy) is 3. The molecule has 0 radical (unpaired) electrons. The van der Waals surface area contributed by atoms with E-state index in [1.165, 1.54) is 12.1 Å². The number of fused-ring (bicyclic) bond motifs is 1. The monoisotopic (exact) mass is 743 g/mol. The molecule has 0 bridgehead atoms. The van der Waals surface area contributed by atoms with Crippen molar-refractivity contribution in [3.8, 4) is 5.75 Å². The first-order valence-corrected chi connectivity index (χ1v) is 18.2. The number of carbonyl (C=O) groups is 2. The zero-order valence-electron chi connectivity index (χ0n) is 31.1. The first-order chi connectivity index (χ1) is 26.4. The number of nitrogens with one attached hydrogen (secondary N) is 1. The molecular weight excluding hydrogens is 698 g/mol. The number of aliphatic hydroxyl groups excluding tert-OH is 1. The predicted octanol–water partition coefficient (Wildman–Crippen LogP) is 8.40. The van der Waals surface area contributed by atoms with Crippen molar-refractivity contribution >= 4 is 28.5 Å². The molecule has 2 aromatic heterocycles. The van der Waals surface area contributed by atoms with Crippen molar-refractivity contribution in [2.75, 3.05) is 6.61 Å². The largest absolute Gasteiger partial charge is 0.491 e. The topological polar surface area (TPSA) is 146 Å². The van der Waals surface area contributed by atoms with E-state index < -0.39 is 40.4 Å². The van der Waals surface area contributed by atoms with E-state index in [1.807, 2.05) is 116 Å². The Bertz CT molecular complexity index is 2190. The SMILES string of the molecule is CC(C)(C)OC(=O)C(Cc1ccc2c(c1)cc(C(=O)OCc1ccccc1)n2Cc1ccc([N+](=O)[O-])cc1)C(CC(O)COc1ccccc1)c1ccc[nH]1. The molecule has 3 atom stereocenters. The fraction of sp³-hybridized carbons (Fsp3) is 0.273. The van der Waals surface area contributed by atoms with Gasteiger partial charge in [-0.25, -0.2) is 4.79 Å². The quantitative estimate of drug-likeness (QED) is 0.0571. The van der Waals surface area contributed by atoms with Gasteiger partial charge in [-0.15, -0.1) is 0 Å². The number of nitro benzene ring substituents is 1. The summed E-state index contributed by atoms with van der Waals surface area (Å²) in [6, 6.07) is 36.2. The molecule has 11 heteroatoms. The van der Waals surface area contributed by atoms with E-state index in [-0.39, 0.29) is 38.3 Å². The Morgan fingerprint density at radius 3 is 2.20 bits per heavy atom. The third-order valence-electron chi connectivity index (χ3n) is 9.26. The second-order valence-corrected chi connectivity index (χ2v) is 14.6. The van der Waals surface area contributed by atoms with Gasteiger partial charge < -0.3 is 28.9 Å². The van der Waals surface area contributed by atoms with Crippen molar-refractivity contribution < 1.29 is 33.8 Å². The molecule has 0 saturated carbocycles. The molecule has 6 aromatic rings. The van der Waals surface area contributed by atoms with Crippen LogP contribution in [0.4, 0.5) is 5.69 Å². The summed E-state index contributed by atoms with van der Waals surface area (Å²) in [5.74, 6) is -1.43. The van der Waals surface area contributed by atoms with Gasteiger partial charge in [0.15, 0.2) is 0 Å². The molecule has 0 saturated heterocycles. The second kappa shape index (κ2) is 17.3. The molecule has 284 valence electrons. The molecule has 3 unspecified atom stereocenters. The zero-order valence-corrected chi connectivity index (χ0v) is 31.1. The Morgan fingerprint density at radius 1 is 0.855 bits per heavy atom. The van der Waals surface area contributed by atoms with Crippen molar-refractivity contribution in [3.05, 3.63) is 166 Å². The van der Waals surface area contributed by atoms with Crippen LogP contribution in [0, 0.1) is 16.0 Å². The van der Waals surface area contributed by atoms with Gasteiger partial charge in [0.2, 0.25) is 0 Å². The van der Waals surface area contributed by atoms with Gasteiger partial charge in [-0.1, -0.05) is 66.7 Å². The number of esters is 2. The molecule has 0 spiro atoms. The average Bonchev–Trinajstić information content (AvgIpc) is 3.83. The number of benzene rings is 4. The van der Waals surface area contributed by atoms with Crippen LogP contribution >= 0.6 is 0 Å². The number of carbonyl (C=O) groups excluding carboxylic acids is 2. The normalized spacial score (nSPS) is 13.2. The summed E-state index contributed by atoms with van der Waals surface area (Å²) in [6.45, 7) is 5.86. The highest BCUT2D eigenvalue weighted by Gasteiger charge is 2.35. The number of aromatic nitrogens is 2. The predicted molar refractivity (Wildman–Crippen MR) is 209 cm³/mol. The first-order valence-electron chi connectivity index (χ1n) is 18.2. The summed E-state index contributed by atoms with van der Waals surface area (Å²) in [5, 5.41) is 23.3. The van der Waals surface area contributed by atoms with Crippen LogP contribution in [0.3, 0.4) is 0 Å². The van der Waals surface area contributed by atoms with E-state index in [4.69, 9.17) is 14.2 Å². The van der Waals surface area contributed by atoms with Gasteiger partial charge >= 0.3 is 11.9 Å². The standard InChI is InChI=1S/C44H45N3O8/c1-44(2,3)55-42(49)38(37(39-15-10-22-45-39)26-35(48)29-53-36-13-8-5-9-14-36)24-32-18-21-40-33(23-32)25-41(43(50)54-28-31-11-6-4-7-12-31)46(40)27-30-16-19-34(20-17-30)47(51)52/h4-23,25,35,37-38,45,48H,24,26-29H2,1-3H3. The number of para-hydroxylation sites is 1.